The summed E-state index contributed by atoms with van der Waals surface area (Å²) in [7, 11) is 0. The first kappa shape index (κ1) is 16.1. The Labute approximate surface area is 133 Å². The van der Waals surface area contributed by atoms with Gasteiger partial charge in [-0.15, -0.1) is 0 Å². The summed E-state index contributed by atoms with van der Waals surface area (Å²) >= 11 is 5.76. The number of ether oxygens (including phenoxy) is 1. The minimum Gasteiger partial charge on any atom is -0.465 e. The minimum absolute atomic E-state index is 0.370. The summed E-state index contributed by atoms with van der Waals surface area (Å²) in [5, 5.41) is 3.19. The Balaban J connectivity index is 1.93. The van der Waals surface area contributed by atoms with Crippen molar-refractivity contribution in [2.75, 3.05) is 11.9 Å². The quantitative estimate of drug-likeness (QED) is 0.873. The fraction of sp³-hybridized carbons (Fsp3) is 0.250. The van der Waals surface area contributed by atoms with Crippen LogP contribution in [0.3, 0.4) is 0 Å². The Kier molecular flexibility index (Phi) is 4.88. The van der Waals surface area contributed by atoms with Crippen LogP contribution < -0.4 is 5.32 Å². The predicted molar refractivity (Wildman–Crippen MR) is 83.3 cm³/mol. The molecule has 1 aromatic carbocycles. The third-order valence-electron chi connectivity index (χ3n) is 3.23. The van der Waals surface area contributed by atoms with Crippen LogP contribution >= 0.6 is 11.6 Å². The van der Waals surface area contributed by atoms with Gasteiger partial charge in [-0.3, -0.25) is 4.79 Å². The minimum atomic E-state index is -0.571. The lowest BCUT2D eigenvalue weighted by Gasteiger charge is -2.07. The molecule has 0 bridgehead atoms. The molecular formula is C16H16ClNO4. The normalized spacial score (nSPS) is 10.4. The van der Waals surface area contributed by atoms with Crippen LogP contribution in [0.2, 0.25) is 5.02 Å². The number of amides is 1. The van der Waals surface area contributed by atoms with Crippen LogP contribution in [0.4, 0.5) is 5.69 Å². The first-order valence-corrected chi connectivity index (χ1v) is 7.05. The number of aryl methyl sites for hydroxylation is 2. The van der Waals surface area contributed by atoms with Gasteiger partial charge in [-0.05, 0) is 45.0 Å². The van der Waals surface area contributed by atoms with Crippen molar-refractivity contribution in [2.24, 2.45) is 0 Å². The molecule has 0 unspecified atom stereocenters. The average Bonchev–Trinajstić information content (AvgIpc) is 2.72. The molecule has 0 aliphatic carbocycles. The Morgan fingerprint density at radius 2 is 1.77 bits per heavy atom. The van der Waals surface area contributed by atoms with Crippen molar-refractivity contribution in [3.05, 3.63) is 51.9 Å². The van der Waals surface area contributed by atoms with E-state index in [4.69, 9.17) is 20.8 Å². The van der Waals surface area contributed by atoms with E-state index in [-0.39, 0.29) is 6.61 Å². The molecule has 0 aliphatic rings. The van der Waals surface area contributed by atoms with Gasteiger partial charge in [0.15, 0.2) is 6.61 Å². The molecule has 2 aromatic rings. The topological polar surface area (TPSA) is 68.5 Å². The summed E-state index contributed by atoms with van der Waals surface area (Å²) in [5.74, 6) is 0.150. The van der Waals surface area contributed by atoms with Crippen molar-refractivity contribution in [2.45, 2.75) is 20.8 Å². The van der Waals surface area contributed by atoms with E-state index in [1.165, 1.54) is 0 Å². The lowest BCUT2D eigenvalue weighted by Crippen LogP contribution is -2.21. The van der Waals surface area contributed by atoms with Gasteiger partial charge in [0.2, 0.25) is 0 Å². The van der Waals surface area contributed by atoms with E-state index < -0.39 is 11.9 Å². The number of carbonyl (C=O) groups is 2. The fourth-order valence-electron chi connectivity index (χ4n) is 2.03. The van der Waals surface area contributed by atoms with E-state index in [0.29, 0.717) is 27.8 Å². The summed E-state index contributed by atoms with van der Waals surface area (Å²) in [4.78, 5) is 23.8. The number of hydrogen-bond donors (Lipinski definition) is 1. The van der Waals surface area contributed by atoms with E-state index in [0.717, 1.165) is 5.56 Å². The zero-order valence-corrected chi connectivity index (χ0v) is 13.3. The van der Waals surface area contributed by atoms with Crippen molar-refractivity contribution in [1.29, 1.82) is 0 Å². The molecule has 0 spiro atoms. The van der Waals surface area contributed by atoms with Gasteiger partial charge < -0.3 is 14.5 Å². The summed E-state index contributed by atoms with van der Waals surface area (Å²) in [6.07, 6.45) is 0. The van der Waals surface area contributed by atoms with Crippen LogP contribution in [0.1, 0.15) is 27.4 Å². The molecule has 0 saturated heterocycles. The highest BCUT2D eigenvalue weighted by Gasteiger charge is 2.20. The molecule has 1 aromatic heterocycles. The number of esters is 1. The van der Waals surface area contributed by atoms with Gasteiger partial charge in [-0.25, -0.2) is 4.79 Å². The van der Waals surface area contributed by atoms with Crippen LogP contribution in [0, 0.1) is 20.8 Å². The SMILES string of the molecule is Cc1oc(C)c(C(=O)OCC(=O)Nc2ccc(Cl)cc2)c1C. The van der Waals surface area contributed by atoms with Gasteiger partial charge in [0.1, 0.15) is 17.1 Å². The monoisotopic (exact) mass is 321 g/mol. The number of halogens is 1. The molecule has 116 valence electrons. The average molecular weight is 322 g/mol. The first-order valence-electron chi connectivity index (χ1n) is 6.67. The van der Waals surface area contributed by atoms with Crippen molar-refractivity contribution in [3.8, 4) is 0 Å². The summed E-state index contributed by atoms with van der Waals surface area (Å²) in [6, 6.07) is 6.64. The molecule has 2 rings (SSSR count). The number of rotatable bonds is 4. The maximum Gasteiger partial charge on any atom is 0.342 e. The maximum absolute atomic E-state index is 12.0. The third-order valence-corrected chi connectivity index (χ3v) is 3.48. The molecule has 5 nitrogen and oxygen atoms in total. The maximum atomic E-state index is 12.0. The van der Waals surface area contributed by atoms with Gasteiger partial charge in [-0.2, -0.15) is 0 Å². The zero-order valence-electron chi connectivity index (χ0n) is 12.5. The van der Waals surface area contributed by atoms with Crippen LogP contribution in [0.25, 0.3) is 0 Å². The number of nitrogens with one attached hydrogen (secondary N) is 1. The Morgan fingerprint density at radius 3 is 2.32 bits per heavy atom. The molecule has 0 fully saturated rings. The molecule has 0 aliphatic heterocycles. The molecule has 0 atom stereocenters. The number of anilines is 1. The van der Waals surface area contributed by atoms with Crippen molar-refractivity contribution in [1.82, 2.24) is 0 Å². The Hall–Kier alpha value is -2.27. The summed E-state index contributed by atoms with van der Waals surface area (Å²) in [6.45, 7) is 4.86. The van der Waals surface area contributed by atoms with E-state index in [2.05, 4.69) is 5.32 Å². The van der Waals surface area contributed by atoms with Crippen molar-refractivity contribution < 1.29 is 18.7 Å². The highest BCUT2D eigenvalue weighted by Crippen LogP contribution is 2.21. The van der Waals surface area contributed by atoms with Gasteiger partial charge in [0.25, 0.3) is 5.91 Å². The lowest BCUT2D eigenvalue weighted by molar-refractivity contribution is -0.119. The molecule has 1 heterocycles. The number of carbonyl (C=O) groups excluding carboxylic acids is 2. The molecule has 1 N–H and O–H groups in total. The largest absolute Gasteiger partial charge is 0.465 e. The molecule has 1 amide bonds. The van der Waals surface area contributed by atoms with Crippen LogP contribution in [-0.4, -0.2) is 18.5 Å². The number of furan rings is 1. The molecule has 22 heavy (non-hydrogen) atoms. The van der Waals surface area contributed by atoms with Crippen LogP contribution in [-0.2, 0) is 9.53 Å². The zero-order chi connectivity index (χ0) is 16.3. The fourth-order valence-corrected chi connectivity index (χ4v) is 2.15. The summed E-state index contributed by atoms with van der Waals surface area (Å²) < 4.78 is 10.4. The molecular weight excluding hydrogens is 306 g/mol. The van der Waals surface area contributed by atoms with Gasteiger partial charge in [0.05, 0.1) is 0 Å². The predicted octanol–water partition coefficient (Wildman–Crippen LogP) is 3.65. The standard InChI is InChI=1S/C16H16ClNO4/c1-9-10(2)22-11(3)15(9)16(20)21-8-14(19)18-13-6-4-12(17)5-7-13/h4-7H,8H2,1-3H3,(H,18,19). The van der Waals surface area contributed by atoms with E-state index >= 15 is 0 Å². The summed E-state index contributed by atoms with van der Waals surface area (Å²) in [5.41, 5.74) is 1.68. The van der Waals surface area contributed by atoms with E-state index in [9.17, 15) is 9.59 Å². The molecule has 0 saturated carbocycles. The Morgan fingerprint density at radius 1 is 1.14 bits per heavy atom. The van der Waals surface area contributed by atoms with Gasteiger partial charge in [0, 0.05) is 16.3 Å². The number of hydrogen-bond acceptors (Lipinski definition) is 4. The Bertz CT molecular complexity index is 704. The second-order valence-corrected chi connectivity index (χ2v) is 5.28. The van der Waals surface area contributed by atoms with Gasteiger partial charge in [-0.1, -0.05) is 11.6 Å². The second kappa shape index (κ2) is 6.66. The molecule has 6 heteroatoms. The van der Waals surface area contributed by atoms with E-state index in [1.807, 2.05) is 0 Å². The van der Waals surface area contributed by atoms with Crippen molar-refractivity contribution in [3.63, 3.8) is 0 Å². The third kappa shape index (κ3) is 3.68. The van der Waals surface area contributed by atoms with Crippen molar-refractivity contribution >= 4 is 29.2 Å². The molecule has 0 radical (unpaired) electrons. The highest BCUT2D eigenvalue weighted by molar-refractivity contribution is 6.30. The number of benzene rings is 1. The lowest BCUT2D eigenvalue weighted by atomic mass is 10.1. The van der Waals surface area contributed by atoms with E-state index in [1.54, 1.807) is 45.0 Å². The van der Waals surface area contributed by atoms with Gasteiger partial charge >= 0.3 is 5.97 Å². The highest BCUT2D eigenvalue weighted by atomic mass is 35.5. The van der Waals surface area contributed by atoms with Crippen LogP contribution in [0.5, 0.6) is 0 Å². The van der Waals surface area contributed by atoms with Crippen LogP contribution in [0.15, 0.2) is 28.7 Å². The second-order valence-electron chi connectivity index (χ2n) is 4.85. The smallest absolute Gasteiger partial charge is 0.342 e. The first-order chi connectivity index (χ1) is 10.4.